The van der Waals surface area contributed by atoms with Crippen LogP contribution in [0.3, 0.4) is 0 Å². The van der Waals surface area contributed by atoms with Crippen LogP contribution >= 0.6 is 0 Å². The fraction of sp³-hybridized carbons (Fsp3) is 0.905. The van der Waals surface area contributed by atoms with Crippen LogP contribution in [0.4, 0.5) is 8.78 Å². The quantitative estimate of drug-likeness (QED) is 0.359. The van der Waals surface area contributed by atoms with E-state index in [-0.39, 0.29) is 36.4 Å². The Morgan fingerprint density at radius 1 is 1.16 bits per heavy atom. The van der Waals surface area contributed by atoms with Gasteiger partial charge in [0.25, 0.3) is 0 Å². The molecule has 1 aliphatic rings. The van der Waals surface area contributed by atoms with Crippen molar-refractivity contribution in [2.24, 2.45) is 17.8 Å². The van der Waals surface area contributed by atoms with Gasteiger partial charge in [-0.25, -0.2) is 0 Å². The summed E-state index contributed by atoms with van der Waals surface area (Å²) >= 11 is 0. The van der Waals surface area contributed by atoms with Gasteiger partial charge in [0.1, 0.15) is 5.78 Å². The van der Waals surface area contributed by atoms with E-state index in [1.807, 2.05) is 6.92 Å². The van der Waals surface area contributed by atoms with Crippen LogP contribution < -0.4 is 0 Å². The summed E-state index contributed by atoms with van der Waals surface area (Å²) in [6.07, 6.45) is 8.62. The maximum Gasteiger partial charge on any atom is 0.305 e. The Labute approximate surface area is 152 Å². The van der Waals surface area contributed by atoms with Crippen LogP contribution in [0.15, 0.2) is 0 Å². The van der Waals surface area contributed by atoms with Crippen LogP contribution in [0.25, 0.3) is 0 Å². The van der Waals surface area contributed by atoms with Crippen molar-refractivity contribution < 1.29 is 18.4 Å². The molecule has 0 bridgehead atoms. The summed E-state index contributed by atoms with van der Waals surface area (Å²) < 4.78 is 28.0. The third-order valence-electron chi connectivity index (χ3n) is 5.81. The number of carbonyl (C=O) groups is 2. The lowest BCUT2D eigenvalue weighted by Crippen LogP contribution is -2.31. The number of rotatable bonds is 13. The van der Waals surface area contributed by atoms with Crippen molar-refractivity contribution in [1.82, 2.24) is 0 Å². The highest BCUT2D eigenvalue weighted by molar-refractivity contribution is 5.86. The molecule has 0 aromatic carbocycles. The van der Waals surface area contributed by atoms with Crippen LogP contribution in [-0.2, 0) is 9.59 Å². The first-order valence-electron chi connectivity index (χ1n) is 10.3. The molecule has 1 fully saturated rings. The van der Waals surface area contributed by atoms with Gasteiger partial charge in [-0.15, -0.1) is 0 Å². The number of halogens is 2. The van der Waals surface area contributed by atoms with E-state index < -0.39 is 11.7 Å². The van der Waals surface area contributed by atoms with Gasteiger partial charge < -0.3 is 0 Å². The molecule has 0 saturated heterocycles. The highest BCUT2D eigenvalue weighted by atomic mass is 19.3. The van der Waals surface area contributed by atoms with Gasteiger partial charge in [0.15, 0.2) is 0 Å². The molecule has 1 rings (SSSR count). The average Bonchev–Trinajstić information content (AvgIpc) is 2.92. The zero-order chi connectivity index (χ0) is 18.9. The van der Waals surface area contributed by atoms with Crippen molar-refractivity contribution >= 4 is 11.6 Å². The molecule has 146 valence electrons. The summed E-state index contributed by atoms with van der Waals surface area (Å²) in [5.41, 5.74) is 0. The lowest BCUT2D eigenvalue weighted by atomic mass is 9.85. The fourth-order valence-electron chi connectivity index (χ4n) is 3.88. The lowest BCUT2D eigenvalue weighted by Gasteiger charge is -2.21. The summed E-state index contributed by atoms with van der Waals surface area (Å²) in [7, 11) is 0. The Morgan fingerprint density at radius 2 is 1.84 bits per heavy atom. The summed E-state index contributed by atoms with van der Waals surface area (Å²) in [5.74, 6) is -3.90. The Hall–Kier alpha value is -0.800. The van der Waals surface area contributed by atoms with Crippen molar-refractivity contribution in [3.63, 3.8) is 0 Å². The van der Waals surface area contributed by atoms with E-state index in [4.69, 9.17) is 0 Å². The van der Waals surface area contributed by atoms with Crippen LogP contribution in [0.5, 0.6) is 0 Å². The molecular formula is C21H36F2O2. The Morgan fingerprint density at radius 3 is 2.48 bits per heavy atom. The molecular weight excluding hydrogens is 322 g/mol. The SMILES string of the molecule is CCCCCCC[C@H]1C(=O)CC[C@@H]1CCC(=O)C(F)(F)C[C@@H](C)CC. The Bertz CT molecular complexity index is 420. The van der Waals surface area contributed by atoms with Crippen molar-refractivity contribution in [3.05, 3.63) is 0 Å². The van der Waals surface area contributed by atoms with Gasteiger partial charge in [-0.1, -0.05) is 59.3 Å². The molecule has 0 radical (unpaired) electrons. The van der Waals surface area contributed by atoms with Gasteiger partial charge in [-0.05, 0) is 31.1 Å². The highest BCUT2D eigenvalue weighted by Gasteiger charge is 2.40. The number of carbonyl (C=O) groups excluding carboxylic acids is 2. The number of hydrogen-bond acceptors (Lipinski definition) is 2. The zero-order valence-electron chi connectivity index (χ0n) is 16.3. The molecule has 0 aromatic rings. The molecule has 0 amide bonds. The van der Waals surface area contributed by atoms with E-state index in [1.165, 1.54) is 19.3 Å². The minimum Gasteiger partial charge on any atom is -0.299 e. The molecule has 3 atom stereocenters. The van der Waals surface area contributed by atoms with Crippen LogP contribution in [-0.4, -0.2) is 17.5 Å². The molecule has 0 unspecified atom stereocenters. The van der Waals surface area contributed by atoms with Gasteiger partial charge in [0.2, 0.25) is 5.78 Å². The van der Waals surface area contributed by atoms with Crippen LogP contribution in [0, 0.1) is 17.8 Å². The van der Waals surface area contributed by atoms with Crippen LogP contribution in [0.1, 0.15) is 97.8 Å². The van der Waals surface area contributed by atoms with Gasteiger partial charge in [-0.2, -0.15) is 8.78 Å². The number of hydrogen-bond donors (Lipinski definition) is 0. The third-order valence-corrected chi connectivity index (χ3v) is 5.81. The molecule has 4 heteroatoms. The molecule has 0 aliphatic heterocycles. The predicted octanol–water partition coefficient (Wildman–Crippen LogP) is 6.36. The highest BCUT2D eigenvalue weighted by Crippen LogP contribution is 2.37. The summed E-state index contributed by atoms with van der Waals surface area (Å²) in [5, 5.41) is 0. The zero-order valence-corrected chi connectivity index (χ0v) is 16.3. The topological polar surface area (TPSA) is 34.1 Å². The standard InChI is InChI=1S/C21H36F2O2/c1-4-6-7-8-9-10-18-17(11-13-19(18)24)12-14-20(25)21(22,23)15-16(3)5-2/h16-18H,4-15H2,1-3H3/t16-,17+,18+/m0/s1. The molecule has 0 N–H and O–H groups in total. The first-order valence-corrected chi connectivity index (χ1v) is 10.3. The molecule has 0 heterocycles. The Kier molecular flexibility index (Phi) is 9.81. The third kappa shape index (κ3) is 7.53. The largest absolute Gasteiger partial charge is 0.305 e. The number of Topliss-reactive ketones (excluding diaryl/α,β-unsaturated/α-hetero) is 2. The van der Waals surface area contributed by atoms with E-state index in [0.717, 1.165) is 25.7 Å². The summed E-state index contributed by atoms with van der Waals surface area (Å²) in [4.78, 5) is 24.1. The maximum atomic E-state index is 14.0. The van der Waals surface area contributed by atoms with E-state index in [2.05, 4.69) is 6.92 Å². The second kappa shape index (κ2) is 11.0. The van der Waals surface area contributed by atoms with Crippen molar-refractivity contribution in [2.45, 2.75) is 104 Å². The van der Waals surface area contributed by atoms with Crippen molar-refractivity contribution in [3.8, 4) is 0 Å². The minimum absolute atomic E-state index is 0.00221. The number of unbranched alkanes of at least 4 members (excludes halogenated alkanes) is 4. The van der Waals surface area contributed by atoms with Gasteiger partial charge >= 0.3 is 5.92 Å². The predicted molar refractivity (Wildman–Crippen MR) is 97.9 cm³/mol. The first-order chi connectivity index (χ1) is 11.8. The second-order valence-electron chi connectivity index (χ2n) is 7.96. The summed E-state index contributed by atoms with van der Waals surface area (Å²) in [6, 6.07) is 0. The first kappa shape index (κ1) is 22.2. The molecule has 0 aromatic heterocycles. The van der Waals surface area contributed by atoms with Gasteiger partial charge in [0, 0.05) is 25.2 Å². The normalized spacial score (nSPS) is 22.4. The average molecular weight is 359 g/mol. The lowest BCUT2D eigenvalue weighted by molar-refractivity contribution is -0.146. The monoisotopic (exact) mass is 358 g/mol. The molecule has 1 saturated carbocycles. The van der Waals surface area contributed by atoms with E-state index in [1.54, 1.807) is 6.92 Å². The molecule has 1 aliphatic carbocycles. The summed E-state index contributed by atoms with van der Waals surface area (Å²) in [6.45, 7) is 5.79. The fourth-order valence-corrected chi connectivity index (χ4v) is 3.88. The molecule has 0 spiro atoms. The van der Waals surface area contributed by atoms with Gasteiger partial charge in [0.05, 0.1) is 0 Å². The van der Waals surface area contributed by atoms with Crippen LogP contribution in [0.2, 0.25) is 0 Å². The van der Waals surface area contributed by atoms with Gasteiger partial charge in [-0.3, -0.25) is 9.59 Å². The number of alkyl halides is 2. The van der Waals surface area contributed by atoms with Crippen molar-refractivity contribution in [1.29, 1.82) is 0 Å². The number of ketones is 2. The smallest absolute Gasteiger partial charge is 0.299 e. The van der Waals surface area contributed by atoms with E-state index >= 15 is 0 Å². The molecule has 2 nitrogen and oxygen atoms in total. The minimum atomic E-state index is -3.21. The van der Waals surface area contributed by atoms with Crippen molar-refractivity contribution in [2.75, 3.05) is 0 Å². The van der Waals surface area contributed by atoms with E-state index in [9.17, 15) is 18.4 Å². The molecule has 25 heavy (non-hydrogen) atoms. The Balaban J connectivity index is 2.43. The van der Waals surface area contributed by atoms with E-state index in [0.29, 0.717) is 19.3 Å². The maximum absolute atomic E-state index is 14.0. The second-order valence-corrected chi connectivity index (χ2v) is 7.96.